The fourth-order valence-corrected chi connectivity index (χ4v) is 1.90. The molecule has 0 radical (unpaired) electrons. The van der Waals surface area contributed by atoms with Crippen LogP contribution in [-0.2, 0) is 0 Å². The minimum atomic E-state index is -0.222. The third-order valence-electron chi connectivity index (χ3n) is 3.07. The molecule has 0 bridgehead atoms. The Morgan fingerprint density at radius 2 is 1.89 bits per heavy atom. The van der Waals surface area contributed by atoms with E-state index in [1.165, 1.54) is 0 Å². The van der Waals surface area contributed by atoms with Gasteiger partial charge in [0.25, 0.3) is 5.91 Å². The maximum atomic E-state index is 12.2. The second kappa shape index (κ2) is 5.10. The number of nitrogens with zero attached hydrogens (tertiary/aromatic N) is 1. The van der Waals surface area contributed by atoms with Gasteiger partial charge in [-0.2, -0.15) is 0 Å². The second-order valence-electron chi connectivity index (χ2n) is 4.59. The van der Waals surface area contributed by atoms with Crippen molar-refractivity contribution >= 4 is 17.3 Å². The molecule has 0 saturated carbocycles. The lowest BCUT2D eigenvalue weighted by molar-refractivity contribution is 0.102. The van der Waals surface area contributed by atoms with Crippen LogP contribution in [0.15, 0.2) is 30.3 Å². The van der Waals surface area contributed by atoms with Crippen molar-refractivity contribution in [1.82, 2.24) is 4.98 Å². The van der Waals surface area contributed by atoms with E-state index in [4.69, 9.17) is 5.73 Å². The van der Waals surface area contributed by atoms with Gasteiger partial charge in [-0.05, 0) is 50.1 Å². The second-order valence-corrected chi connectivity index (χ2v) is 4.59. The average molecular weight is 255 g/mol. The van der Waals surface area contributed by atoms with Crippen LogP contribution in [0.2, 0.25) is 0 Å². The largest absolute Gasteiger partial charge is 0.398 e. The van der Waals surface area contributed by atoms with Crippen molar-refractivity contribution in [3.05, 3.63) is 52.8 Å². The van der Waals surface area contributed by atoms with Gasteiger partial charge in [0.15, 0.2) is 0 Å². The molecule has 19 heavy (non-hydrogen) atoms. The summed E-state index contributed by atoms with van der Waals surface area (Å²) in [6, 6.07) is 9.09. The third kappa shape index (κ3) is 2.73. The van der Waals surface area contributed by atoms with Crippen LogP contribution in [0.5, 0.6) is 0 Å². The van der Waals surface area contributed by atoms with Crippen molar-refractivity contribution in [3.63, 3.8) is 0 Å². The molecule has 3 N–H and O–H groups in total. The Morgan fingerprint density at radius 1 is 1.16 bits per heavy atom. The fraction of sp³-hybridized carbons (Fsp3) is 0.200. The standard InChI is InChI=1S/C15H17N3O/c1-9-7-8-12(16)11(3)14(9)18-15(19)13-6-4-5-10(2)17-13/h4-8H,16H2,1-3H3,(H,18,19). The smallest absolute Gasteiger partial charge is 0.274 e. The monoisotopic (exact) mass is 255 g/mol. The highest BCUT2D eigenvalue weighted by molar-refractivity contribution is 6.04. The molecule has 0 unspecified atom stereocenters. The molecule has 0 aliphatic rings. The number of nitrogens with one attached hydrogen (secondary N) is 1. The van der Waals surface area contributed by atoms with E-state index in [0.717, 1.165) is 22.5 Å². The first-order valence-electron chi connectivity index (χ1n) is 6.09. The Morgan fingerprint density at radius 3 is 2.58 bits per heavy atom. The van der Waals surface area contributed by atoms with Gasteiger partial charge >= 0.3 is 0 Å². The maximum Gasteiger partial charge on any atom is 0.274 e. The van der Waals surface area contributed by atoms with Crippen LogP contribution in [0, 0.1) is 20.8 Å². The van der Waals surface area contributed by atoms with E-state index >= 15 is 0 Å². The number of hydrogen-bond acceptors (Lipinski definition) is 3. The minimum Gasteiger partial charge on any atom is -0.398 e. The Hall–Kier alpha value is -2.36. The summed E-state index contributed by atoms with van der Waals surface area (Å²) in [4.78, 5) is 16.4. The van der Waals surface area contributed by atoms with E-state index in [2.05, 4.69) is 10.3 Å². The van der Waals surface area contributed by atoms with Crippen LogP contribution >= 0.6 is 0 Å². The summed E-state index contributed by atoms with van der Waals surface area (Å²) >= 11 is 0. The zero-order valence-electron chi connectivity index (χ0n) is 11.3. The van der Waals surface area contributed by atoms with Gasteiger partial charge in [0.2, 0.25) is 0 Å². The minimum absolute atomic E-state index is 0.222. The number of amides is 1. The molecular weight excluding hydrogens is 238 g/mol. The molecule has 0 spiro atoms. The summed E-state index contributed by atoms with van der Waals surface area (Å²) in [5.41, 5.74) is 10.4. The molecule has 0 atom stereocenters. The number of rotatable bonds is 2. The molecule has 0 fully saturated rings. The number of aryl methyl sites for hydroxylation is 2. The first-order chi connectivity index (χ1) is 8.99. The van der Waals surface area contributed by atoms with Gasteiger partial charge in [0.05, 0.1) is 0 Å². The van der Waals surface area contributed by atoms with E-state index in [0.29, 0.717) is 11.4 Å². The van der Waals surface area contributed by atoms with Crippen LogP contribution in [0.3, 0.4) is 0 Å². The molecule has 98 valence electrons. The molecule has 0 aliphatic heterocycles. The number of benzene rings is 1. The molecule has 1 aromatic heterocycles. The van der Waals surface area contributed by atoms with Crippen molar-refractivity contribution in [2.45, 2.75) is 20.8 Å². The zero-order valence-corrected chi connectivity index (χ0v) is 11.3. The number of hydrogen-bond donors (Lipinski definition) is 2. The predicted molar refractivity (Wildman–Crippen MR) is 77.3 cm³/mol. The summed E-state index contributed by atoms with van der Waals surface area (Å²) in [5, 5.41) is 2.88. The molecule has 4 heteroatoms. The van der Waals surface area contributed by atoms with Gasteiger partial charge < -0.3 is 11.1 Å². The highest BCUT2D eigenvalue weighted by Crippen LogP contribution is 2.25. The topological polar surface area (TPSA) is 68.0 Å². The lowest BCUT2D eigenvalue weighted by Gasteiger charge is -2.13. The first kappa shape index (κ1) is 13.1. The zero-order chi connectivity index (χ0) is 14.0. The van der Waals surface area contributed by atoms with Crippen LogP contribution < -0.4 is 11.1 Å². The van der Waals surface area contributed by atoms with Gasteiger partial charge in [0.1, 0.15) is 5.69 Å². The molecule has 0 aliphatic carbocycles. The molecule has 1 heterocycles. The summed E-state index contributed by atoms with van der Waals surface area (Å²) < 4.78 is 0. The molecule has 2 aromatic rings. The lowest BCUT2D eigenvalue weighted by Crippen LogP contribution is -2.16. The van der Waals surface area contributed by atoms with Crippen LogP contribution in [0.25, 0.3) is 0 Å². The number of anilines is 2. The predicted octanol–water partition coefficient (Wildman–Crippen LogP) is 2.84. The van der Waals surface area contributed by atoms with Gasteiger partial charge in [-0.25, -0.2) is 4.98 Å². The Kier molecular flexibility index (Phi) is 3.51. The summed E-state index contributed by atoms with van der Waals surface area (Å²) in [5.74, 6) is -0.222. The summed E-state index contributed by atoms with van der Waals surface area (Å²) in [6.07, 6.45) is 0. The molecule has 2 rings (SSSR count). The van der Waals surface area contributed by atoms with Crippen molar-refractivity contribution in [3.8, 4) is 0 Å². The van der Waals surface area contributed by atoms with E-state index in [9.17, 15) is 4.79 Å². The Labute approximate surface area is 112 Å². The summed E-state index contributed by atoms with van der Waals surface area (Å²) in [6.45, 7) is 5.68. The van der Waals surface area contributed by atoms with Crippen molar-refractivity contribution in [2.24, 2.45) is 0 Å². The van der Waals surface area contributed by atoms with Crippen molar-refractivity contribution < 1.29 is 4.79 Å². The number of nitrogens with two attached hydrogens (primary N) is 1. The normalized spacial score (nSPS) is 10.3. The quantitative estimate of drug-likeness (QED) is 0.811. The molecule has 4 nitrogen and oxygen atoms in total. The Balaban J connectivity index is 2.32. The number of nitrogen functional groups attached to an aromatic ring is 1. The number of carbonyl (C=O) groups is 1. The van der Waals surface area contributed by atoms with E-state index in [1.807, 2.05) is 45.0 Å². The SMILES string of the molecule is Cc1cccc(C(=O)Nc2c(C)ccc(N)c2C)n1. The van der Waals surface area contributed by atoms with Crippen molar-refractivity contribution in [2.75, 3.05) is 11.1 Å². The highest BCUT2D eigenvalue weighted by Gasteiger charge is 2.12. The number of pyridine rings is 1. The van der Waals surface area contributed by atoms with Crippen LogP contribution in [0.4, 0.5) is 11.4 Å². The van der Waals surface area contributed by atoms with Gasteiger partial charge in [0, 0.05) is 17.1 Å². The van der Waals surface area contributed by atoms with Crippen molar-refractivity contribution in [1.29, 1.82) is 0 Å². The highest BCUT2D eigenvalue weighted by atomic mass is 16.1. The average Bonchev–Trinajstić information content (AvgIpc) is 2.39. The Bertz CT molecular complexity index is 635. The molecular formula is C15H17N3O. The lowest BCUT2D eigenvalue weighted by atomic mass is 10.1. The van der Waals surface area contributed by atoms with E-state index in [1.54, 1.807) is 6.07 Å². The number of carbonyl (C=O) groups excluding carboxylic acids is 1. The maximum absolute atomic E-state index is 12.2. The molecule has 1 aromatic carbocycles. The first-order valence-corrected chi connectivity index (χ1v) is 6.09. The third-order valence-corrected chi connectivity index (χ3v) is 3.07. The molecule has 0 saturated heterocycles. The molecule has 1 amide bonds. The van der Waals surface area contributed by atoms with Gasteiger partial charge in [-0.3, -0.25) is 4.79 Å². The van der Waals surface area contributed by atoms with E-state index in [-0.39, 0.29) is 5.91 Å². The fourth-order valence-electron chi connectivity index (χ4n) is 1.90. The summed E-state index contributed by atoms with van der Waals surface area (Å²) in [7, 11) is 0. The number of aromatic nitrogens is 1. The van der Waals surface area contributed by atoms with Gasteiger partial charge in [-0.1, -0.05) is 12.1 Å². The van der Waals surface area contributed by atoms with Gasteiger partial charge in [-0.15, -0.1) is 0 Å². The van der Waals surface area contributed by atoms with Crippen LogP contribution in [0.1, 0.15) is 27.3 Å². The van der Waals surface area contributed by atoms with E-state index < -0.39 is 0 Å². The van der Waals surface area contributed by atoms with Crippen LogP contribution in [-0.4, -0.2) is 10.9 Å².